The Kier molecular flexibility index (Phi) is 5.78. The molecule has 0 atom stereocenters. The average molecular weight is 244 g/mol. The summed E-state index contributed by atoms with van der Waals surface area (Å²) in [6.45, 7) is 5.31. The highest BCUT2D eigenvalue weighted by Gasteiger charge is 2.00. The molecule has 0 unspecified atom stereocenters. The second-order valence-electron chi connectivity index (χ2n) is 4.31. The number of hydrogen-bond acceptors (Lipinski definition) is 1. The summed E-state index contributed by atoms with van der Waals surface area (Å²) in [6.07, 6.45) is 3.19. The lowest BCUT2D eigenvalue weighted by Gasteiger charge is -2.07. The minimum absolute atomic E-state index is 0.220. The largest absolute Gasteiger partial charge is 0.315 e. The van der Waals surface area contributed by atoms with Crippen LogP contribution in [0.3, 0.4) is 0 Å². The van der Waals surface area contributed by atoms with Gasteiger partial charge < -0.3 is 5.32 Å². The maximum atomic E-state index is 12.9. The van der Waals surface area contributed by atoms with Gasteiger partial charge in [0, 0.05) is 6.04 Å². The van der Waals surface area contributed by atoms with Crippen LogP contribution < -0.4 is 5.32 Å². The molecule has 0 spiro atoms. The van der Waals surface area contributed by atoms with Crippen molar-refractivity contribution in [2.75, 3.05) is 6.54 Å². The molecule has 1 rings (SSSR count). The smallest absolute Gasteiger partial charge is 0.141 e. The molecule has 1 nitrogen and oxygen atoms in total. The van der Waals surface area contributed by atoms with E-state index in [0.29, 0.717) is 6.04 Å². The van der Waals surface area contributed by atoms with E-state index in [1.807, 2.05) is 0 Å². The van der Waals surface area contributed by atoms with E-state index >= 15 is 0 Å². The molecule has 0 aliphatic rings. The number of halogens is 2. The van der Waals surface area contributed by atoms with Gasteiger partial charge in [0.15, 0.2) is 0 Å². The molecule has 0 amide bonds. The van der Waals surface area contributed by atoms with Gasteiger partial charge in [-0.2, -0.15) is 0 Å². The molecule has 0 fully saturated rings. The minimum Gasteiger partial charge on any atom is -0.315 e. The fraction of sp³-hybridized carbons (Fsp3) is 0.538. The van der Waals surface area contributed by atoms with Crippen LogP contribution in [0.1, 0.15) is 32.3 Å². The van der Waals surface area contributed by atoms with Gasteiger partial charge in [-0.15, -0.1) is 0 Å². The van der Waals surface area contributed by atoms with E-state index < -0.39 is 0 Å². The van der Waals surface area contributed by atoms with Crippen LogP contribution in [0.25, 0.3) is 0 Å². The highest BCUT2D eigenvalue weighted by Crippen LogP contribution is 2.17. The van der Waals surface area contributed by atoms with E-state index in [1.165, 1.54) is 6.07 Å². The van der Waals surface area contributed by atoms with Crippen molar-refractivity contribution in [2.45, 2.75) is 39.2 Å². The summed E-state index contributed by atoms with van der Waals surface area (Å²) in [5.74, 6) is -0.341. The molecule has 0 aliphatic carbocycles. The van der Waals surface area contributed by atoms with E-state index in [1.54, 1.807) is 12.1 Å². The number of rotatable bonds is 6. The van der Waals surface area contributed by atoms with Crippen molar-refractivity contribution in [2.24, 2.45) is 0 Å². The molecular weight excluding hydrogens is 225 g/mol. The van der Waals surface area contributed by atoms with Gasteiger partial charge in [-0.05, 0) is 43.5 Å². The molecule has 0 radical (unpaired) electrons. The van der Waals surface area contributed by atoms with Crippen LogP contribution in [0.5, 0.6) is 0 Å². The SMILES string of the molecule is CC(C)NCCCCc1ccc(F)c(Cl)c1. The number of aryl methyl sites for hydroxylation is 1. The molecular formula is C13H19ClFN. The van der Waals surface area contributed by atoms with Gasteiger partial charge >= 0.3 is 0 Å². The normalized spacial score (nSPS) is 11.1. The standard InChI is InChI=1S/C13H19ClFN/c1-10(2)16-8-4-3-5-11-6-7-13(15)12(14)9-11/h6-7,9-10,16H,3-5,8H2,1-2H3. The predicted molar refractivity (Wildman–Crippen MR) is 67.5 cm³/mol. The zero-order valence-electron chi connectivity index (χ0n) is 9.89. The first-order chi connectivity index (χ1) is 7.59. The van der Waals surface area contributed by atoms with E-state index in [4.69, 9.17) is 11.6 Å². The van der Waals surface area contributed by atoms with E-state index in [-0.39, 0.29) is 10.8 Å². The summed E-state index contributed by atoms with van der Waals surface area (Å²) in [4.78, 5) is 0. The van der Waals surface area contributed by atoms with Crippen LogP contribution in [0.15, 0.2) is 18.2 Å². The summed E-state index contributed by atoms with van der Waals surface area (Å²) in [6, 6.07) is 5.49. The number of hydrogen-bond donors (Lipinski definition) is 1. The topological polar surface area (TPSA) is 12.0 Å². The first-order valence-electron chi connectivity index (χ1n) is 5.77. The van der Waals surface area contributed by atoms with Crippen molar-refractivity contribution >= 4 is 11.6 Å². The highest BCUT2D eigenvalue weighted by atomic mass is 35.5. The molecule has 3 heteroatoms. The highest BCUT2D eigenvalue weighted by molar-refractivity contribution is 6.30. The van der Waals surface area contributed by atoms with E-state index in [9.17, 15) is 4.39 Å². The fourth-order valence-corrected chi connectivity index (χ4v) is 1.74. The van der Waals surface area contributed by atoms with Crippen molar-refractivity contribution in [1.29, 1.82) is 0 Å². The Morgan fingerprint density at radius 1 is 1.31 bits per heavy atom. The molecule has 16 heavy (non-hydrogen) atoms. The summed E-state index contributed by atoms with van der Waals surface area (Å²) >= 11 is 5.71. The Balaban J connectivity index is 2.24. The van der Waals surface area contributed by atoms with Gasteiger partial charge in [0.2, 0.25) is 0 Å². The summed E-state index contributed by atoms with van der Waals surface area (Å²) in [7, 11) is 0. The predicted octanol–water partition coefficient (Wildman–Crippen LogP) is 3.80. The summed E-state index contributed by atoms with van der Waals surface area (Å²) < 4.78 is 12.9. The molecule has 0 saturated heterocycles. The van der Waals surface area contributed by atoms with Gasteiger partial charge in [-0.3, -0.25) is 0 Å². The second-order valence-corrected chi connectivity index (χ2v) is 4.72. The average Bonchev–Trinajstić information content (AvgIpc) is 2.22. The first-order valence-corrected chi connectivity index (χ1v) is 6.14. The van der Waals surface area contributed by atoms with Crippen molar-refractivity contribution in [3.8, 4) is 0 Å². The van der Waals surface area contributed by atoms with Crippen LogP contribution in [0, 0.1) is 5.82 Å². The van der Waals surface area contributed by atoms with Gasteiger partial charge in [0.05, 0.1) is 5.02 Å². The Hall–Kier alpha value is -0.600. The lowest BCUT2D eigenvalue weighted by Crippen LogP contribution is -2.23. The number of benzene rings is 1. The third kappa shape index (κ3) is 4.95. The number of nitrogens with one attached hydrogen (secondary N) is 1. The number of unbranched alkanes of at least 4 members (excludes halogenated alkanes) is 1. The molecule has 1 N–H and O–H groups in total. The van der Waals surface area contributed by atoms with Gasteiger partial charge in [-0.1, -0.05) is 31.5 Å². The lowest BCUT2D eigenvalue weighted by molar-refractivity contribution is 0.557. The maximum absolute atomic E-state index is 12.9. The Morgan fingerprint density at radius 3 is 2.69 bits per heavy atom. The molecule has 0 saturated carbocycles. The molecule has 90 valence electrons. The van der Waals surface area contributed by atoms with Crippen LogP contribution >= 0.6 is 11.6 Å². The van der Waals surface area contributed by atoms with E-state index in [2.05, 4.69) is 19.2 Å². The zero-order chi connectivity index (χ0) is 12.0. The van der Waals surface area contributed by atoms with Crippen molar-refractivity contribution in [1.82, 2.24) is 5.32 Å². The van der Waals surface area contributed by atoms with Crippen LogP contribution in [-0.2, 0) is 6.42 Å². The summed E-state index contributed by atoms with van der Waals surface area (Å²) in [5, 5.41) is 3.59. The van der Waals surface area contributed by atoms with Crippen molar-refractivity contribution < 1.29 is 4.39 Å². The second kappa shape index (κ2) is 6.87. The molecule has 0 aromatic heterocycles. The molecule has 0 aliphatic heterocycles. The monoisotopic (exact) mass is 243 g/mol. The first kappa shape index (κ1) is 13.5. The van der Waals surface area contributed by atoms with Crippen LogP contribution in [0.2, 0.25) is 5.02 Å². The zero-order valence-corrected chi connectivity index (χ0v) is 10.6. The third-order valence-corrected chi connectivity index (χ3v) is 2.72. The van der Waals surface area contributed by atoms with Crippen LogP contribution in [-0.4, -0.2) is 12.6 Å². The Labute approximate surface area is 102 Å². The van der Waals surface area contributed by atoms with Gasteiger partial charge in [-0.25, -0.2) is 4.39 Å². The van der Waals surface area contributed by atoms with Crippen molar-refractivity contribution in [3.63, 3.8) is 0 Å². The third-order valence-electron chi connectivity index (χ3n) is 2.43. The van der Waals surface area contributed by atoms with Crippen LogP contribution in [0.4, 0.5) is 4.39 Å². The van der Waals surface area contributed by atoms with Crippen molar-refractivity contribution in [3.05, 3.63) is 34.6 Å². The lowest BCUT2D eigenvalue weighted by atomic mass is 10.1. The fourth-order valence-electron chi connectivity index (χ4n) is 1.54. The quantitative estimate of drug-likeness (QED) is 0.750. The van der Waals surface area contributed by atoms with Gasteiger partial charge in [0.25, 0.3) is 0 Å². The van der Waals surface area contributed by atoms with Gasteiger partial charge in [0.1, 0.15) is 5.82 Å². The molecule has 0 bridgehead atoms. The minimum atomic E-state index is -0.341. The van der Waals surface area contributed by atoms with E-state index in [0.717, 1.165) is 31.4 Å². The molecule has 1 aromatic carbocycles. The Bertz CT molecular complexity index is 326. The molecule has 1 aromatic rings. The molecule has 0 heterocycles. The maximum Gasteiger partial charge on any atom is 0.141 e. The summed E-state index contributed by atoms with van der Waals surface area (Å²) in [5.41, 5.74) is 1.11. The Morgan fingerprint density at radius 2 is 2.06 bits per heavy atom.